The monoisotopic (exact) mass is 242 g/mol. The van der Waals surface area contributed by atoms with E-state index in [-0.39, 0.29) is 30.3 Å². The third-order valence-electron chi connectivity index (χ3n) is 2.13. The van der Waals surface area contributed by atoms with Crippen LogP contribution in [0.25, 0.3) is 0 Å². The molecule has 17 heavy (non-hydrogen) atoms. The van der Waals surface area contributed by atoms with E-state index in [1.165, 1.54) is 26.4 Å². The standard InChI is InChI=1S/C10H14N2O5/c1-16-9-5-7(11-3-4-13)8(12(14)15)6-10(9)17-2/h5-6,11,13H,3-4H2,1-2H3. The molecular formula is C10H14N2O5. The van der Waals surface area contributed by atoms with Crippen molar-refractivity contribution in [3.05, 3.63) is 22.2 Å². The zero-order valence-corrected chi connectivity index (χ0v) is 9.60. The Morgan fingerprint density at radius 3 is 2.41 bits per heavy atom. The van der Waals surface area contributed by atoms with Crippen LogP contribution in [-0.2, 0) is 0 Å². The first kappa shape index (κ1) is 13.0. The predicted octanol–water partition coefficient (Wildman–Crippen LogP) is 1.02. The van der Waals surface area contributed by atoms with E-state index < -0.39 is 4.92 Å². The van der Waals surface area contributed by atoms with Gasteiger partial charge in [-0.05, 0) is 0 Å². The average molecular weight is 242 g/mol. The molecule has 0 aromatic heterocycles. The van der Waals surface area contributed by atoms with Crippen molar-refractivity contribution in [2.45, 2.75) is 0 Å². The molecule has 0 bridgehead atoms. The van der Waals surface area contributed by atoms with Crippen molar-refractivity contribution in [3.8, 4) is 11.5 Å². The first-order valence-corrected chi connectivity index (χ1v) is 4.89. The Kier molecular flexibility index (Phi) is 4.53. The summed E-state index contributed by atoms with van der Waals surface area (Å²) in [7, 11) is 2.85. The van der Waals surface area contributed by atoms with Gasteiger partial charge in [0.25, 0.3) is 5.69 Å². The van der Waals surface area contributed by atoms with Crippen LogP contribution in [-0.4, -0.2) is 37.4 Å². The lowest BCUT2D eigenvalue weighted by molar-refractivity contribution is -0.384. The fourth-order valence-electron chi connectivity index (χ4n) is 1.35. The van der Waals surface area contributed by atoms with Crippen molar-refractivity contribution < 1.29 is 19.5 Å². The van der Waals surface area contributed by atoms with Crippen LogP contribution in [0, 0.1) is 10.1 Å². The van der Waals surface area contributed by atoms with E-state index in [0.29, 0.717) is 5.75 Å². The summed E-state index contributed by atoms with van der Waals surface area (Å²) in [5, 5.41) is 22.3. The maximum atomic E-state index is 10.9. The summed E-state index contributed by atoms with van der Waals surface area (Å²) < 4.78 is 10.0. The Labute approximate surface area is 98.1 Å². The molecule has 1 aromatic carbocycles. The summed E-state index contributed by atoms with van der Waals surface area (Å²) in [6.45, 7) is 0.0990. The minimum Gasteiger partial charge on any atom is -0.493 e. The van der Waals surface area contributed by atoms with Gasteiger partial charge in [-0.15, -0.1) is 0 Å². The molecule has 0 fully saturated rings. The fraction of sp³-hybridized carbons (Fsp3) is 0.400. The van der Waals surface area contributed by atoms with Crippen molar-refractivity contribution in [2.75, 3.05) is 32.7 Å². The number of nitrogens with one attached hydrogen (secondary N) is 1. The molecule has 0 atom stereocenters. The molecule has 0 saturated carbocycles. The van der Waals surface area contributed by atoms with Gasteiger partial charge in [0.05, 0.1) is 31.8 Å². The third kappa shape index (κ3) is 2.97. The molecule has 1 rings (SSSR count). The van der Waals surface area contributed by atoms with E-state index in [0.717, 1.165) is 0 Å². The van der Waals surface area contributed by atoms with Crippen LogP contribution < -0.4 is 14.8 Å². The van der Waals surface area contributed by atoms with Gasteiger partial charge in [0.15, 0.2) is 11.5 Å². The Morgan fingerprint density at radius 2 is 1.94 bits per heavy atom. The summed E-state index contributed by atoms with van der Waals surface area (Å²) in [4.78, 5) is 10.3. The second-order valence-electron chi connectivity index (χ2n) is 3.13. The van der Waals surface area contributed by atoms with Gasteiger partial charge in [0, 0.05) is 12.6 Å². The summed E-state index contributed by atoms with van der Waals surface area (Å²) in [6, 6.07) is 2.74. The minimum absolute atomic E-state index is 0.120. The fourth-order valence-corrected chi connectivity index (χ4v) is 1.35. The van der Waals surface area contributed by atoms with Crippen molar-refractivity contribution in [3.63, 3.8) is 0 Å². The number of nitrogens with zero attached hydrogens (tertiary/aromatic N) is 1. The number of anilines is 1. The second kappa shape index (κ2) is 5.90. The molecular weight excluding hydrogens is 228 g/mol. The SMILES string of the molecule is COc1cc(NCCO)c([N+](=O)[O-])cc1OC. The smallest absolute Gasteiger partial charge is 0.296 e. The van der Waals surface area contributed by atoms with Crippen molar-refractivity contribution in [1.82, 2.24) is 0 Å². The highest BCUT2D eigenvalue weighted by atomic mass is 16.6. The Balaban J connectivity index is 3.19. The molecule has 1 aromatic rings. The molecule has 7 heteroatoms. The predicted molar refractivity (Wildman–Crippen MR) is 61.8 cm³/mol. The number of aliphatic hydroxyl groups excluding tert-OH is 1. The first-order valence-electron chi connectivity index (χ1n) is 4.89. The zero-order valence-electron chi connectivity index (χ0n) is 9.60. The molecule has 0 amide bonds. The summed E-state index contributed by atoms with van der Waals surface area (Å²) in [5.74, 6) is 0.673. The van der Waals surface area contributed by atoms with Crippen molar-refractivity contribution >= 4 is 11.4 Å². The maximum absolute atomic E-state index is 10.9. The highest BCUT2D eigenvalue weighted by molar-refractivity contribution is 5.68. The van der Waals surface area contributed by atoms with Gasteiger partial charge in [-0.1, -0.05) is 0 Å². The topological polar surface area (TPSA) is 93.9 Å². The van der Waals surface area contributed by atoms with Gasteiger partial charge in [-0.2, -0.15) is 0 Å². The number of nitro benzene ring substituents is 1. The lowest BCUT2D eigenvalue weighted by Crippen LogP contribution is -2.08. The number of hydrogen-bond donors (Lipinski definition) is 2. The summed E-state index contributed by atoms with van der Waals surface area (Å²) in [5.41, 5.74) is 0.151. The quantitative estimate of drug-likeness (QED) is 0.571. The van der Waals surface area contributed by atoms with Gasteiger partial charge in [0.2, 0.25) is 0 Å². The van der Waals surface area contributed by atoms with Crippen molar-refractivity contribution in [1.29, 1.82) is 0 Å². The molecule has 2 N–H and O–H groups in total. The third-order valence-corrected chi connectivity index (χ3v) is 2.13. The lowest BCUT2D eigenvalue weighted by Gasteiger charge is -2.11. The van der Waals surface area contributed by atoms with Gasteiger partial charge >= 0.3 is 0 Å². The van der Waals surface area contributed by atoms with E-state index in [2.05, 4.69) is 5.32 Å². The summed E-state index contributed by atoms with van der Waals surface area (Å²) in [6.07, 6.45) is 0. The van der Waals surface area contributed by atoms with Crippen LogP contribution in [0.15, 0.2) is 12.1 Å². The molecule has 7 nitrogen and oxygen atoms in total. The molecule has 0 heterocycles. The number of methoxy groups -OCH3 is 2. The lowest BCUT2D eigenvalue weighted by atomic mass is 10.2. The van der Waals surface area contributed by atoms with E-state index in [1.54, 1.807) is 0 Å². The zero-order chi connectivity index (χ0) is 12.8. The summed E-state index contributed by atoms with van der Waals surface area (Å²) >= 11 is 0. The van der Waals surface area contributed by atoms with Gasteiger partial charge in [-0.3, -0.25) is 10.1 Å². The number of hydrogen-bond acceptors (Lipinski definition) is 6. The normalized spacial score (nSPS) is 9.82. The highest BCUT2D eigenvalue weighted by Gasteiger charge is 2.18. The molecule has 0 aliphatic rings. The van der Waals surface area contributed by atoms with E-state index in [4.69, 9.17) is 14.6 Å². The van der Waals surface area contributed by atoms with Crippen molar-refractivity contribution in [2.24, 2.45) is 0 Å². The molecule has 0 saturated heterocycles. The van der Waals surface area contributed by atoms with Crippen LogP contribution in [0.2, 0.25) is 0 Å². The molecule has 94 valence electrons. The Morgan fingerprint density at radius 1 is 1.35 bits per heavy atom. The van der Waals surface area contributed by atoms with E-state index in [9.17, 15) is 10.1 Å². The molecule has 0 aliphatic heterocycles. The van der Waals surface area contributed by atoms with E-state index >= 15 is 0 Å². The number of nitro groups is 1. The maximum Gasteiger partial charge on any atom is 0.296 e. The van der Waals surface area contributed by atoms with Gasteiger partial charge < -0.3 is 19.9 Å². The molecule has 0 spiro atoms. The van der Waals surface area contributed by atoms with Crippen LogP contribution >= 0.6 is 0 Å². The number of ether oxygens (including phenoxy) is 2. The van der Waals surface area contributed by atoms with Gasteiger partial charge in [-0.25, -0.2) is 0 Å². The van der Waals surface area contributed by atoms with Crippen LogP contribution in [0.5, 0.6) is 11.5 Å². The molecule has 0 radical (unpaired) electrons. The largest absolute Gasteiger partial charge is 0.493 e. The molecule has 0 aliphatic carbocycles. The van der Waals surface area contributed by atoms with E-state index in [1.807, 2.05) is 0 Å². The van der Waals surface area contributed by atoms with Crippen LogP contribution in [0.1, 0.15) is 0 Å². The highest BCUT2D eigenvalue weighted by Crippen LogP contribution is 2.37. The Hall–Kier alpha value is -2.02. The second-order valence-corrected chi connectivity index (χ2v) is 3.13. The average Bonchev–Trinajstić information content (AvgIpc) is 2.34. The molecule has 0 unspecified atom stereocenters. The first-order chi connectivity index (χ1) is 8.13. The van der Waals surface area contributed by atoms with Gasteiger partial charge in [0.1, 0.15) is 5.69 Å². The van der Waals surface area contributed by atoms with Crippen LogP contribution in [0.3, 0.4) is 0 Å². The van der Waals surface area contributed by atoms with Crippen LogP contribution in [0.4, 0.5) is 11.4 Å². The minimum atomic E-state index is -0.526. The number of rotatable bonds is 6. The number of aliphatic hydroxyl groups is 1. The number of benzene rings is 1. The Bertz CT molecular complexity index is 408.